The number of piperidine rings is 1. The molecule has 1 saturated heterocycles. The Bertz CT molecular complexity index is 522. The molecule has 0 saturated carbocycles. The van der Waals surface area contributed by atoms with Crippen LogP contribution in [0.2, 0.25) is 0 Å². The molecule has 0 radical (unpaired) electrons. The summed E-state index contributed by atoms with van der Waals surface area (Å²) in [6, 6.07) is 0. The van der Waals surface area contributed by atoms with Crippen molar-refractivity contribution < 1.29 is 4.79 Å². The maximum atomic E-state index is 12.6. The van der Waals surface area contributed by atoms with Gasteiger partial charge in [-0.1, -0.05) is 0 Å². The highest BCUT2D eigenvalue weighted by molar-refractivity contribution is 5.93. The van der Waals surface area contributed by atoms with Gasteiger partial charge in [-0.05, 0) is 32.4 Å². The van der Waals surface area contributed by atoms with Crippen molar-refractivity contribution in [2.45, 2.75) is 25.8 Å². The molecule has 0 aromatic carbocycles. The van der Waals surface area contributed by atoms with E-state index in [1.54, 1.807) is 0 Å². The minimum atomic E-state index is 0. The van der Waals surface area contributed by atoms with Gasteiger partial charge < -0.3 is 15.1 Å². The molecule has 132 valence electrons. The van der Waals surface area contributed by atoms with E-state index in [0.717, 1.165) is 43.9 Å². The first-order valence-electron chi connectivity index (χ1n) is 7.86. The van der Waals surface area contributed by atoms with Crippen LogP contribution in [-0.4, -0.2) is 66.2 Å². The highest BCUT2D eigenvalue weighted by Crippen LogP contribution is 2.19. The van der Waals surface area contributed by atoms with Gasteiger partial charge in [0.1, 0.15) is 0 Å². The van der Waals surface area contributed by atoms with E-state index < -0.39 is 0 Å². The van der Waals surface area contributed by atoms with Crippen LogP contribution in [0.25, 0.3) is 0 Å². The van der Waals surface area contributed by atoms with Crippen molar-refractivity contribution in [3.05, 3.63) is 17.0 Å². The summed E-state index contributed by atoms with van der Waals surface area (Å²) in [7, 11) is 4.05. The molecule has 6 nitrogen and oxygen atoms in total. The molecule has 1 aromatic rings. The van der Waals surface area contributed by atoms with Gasteiger partial charge in [0.25, 0.3) is 5.91 Å². The first kappa shape index (κ1) is 20.2. The molecule has 0 aliphatic carbocycles. The maximum absolute atomic E-state index is 12.6. The second-order valence-electron chi connectivity index (χ2n) is 6.41. The fourth-order valence-corrected chi connectivity index (χ4v) is 3.48. The Kier molecular flexibility index (Phi) is 7.80. The van der Waals surface area contributed by atoms with Gasteiger partial charge in [-0.25, -0.2) is 0 Å². The number of hydrogen-bond donors (Lipinski definition) is 2. The van der Waals surface area contributed by atoms with Gasteiger partial charge in [-0.3, -0.25) is 9.89 Å². The van der Waals surface area contributed by atoms with Crippen molar-refractivity contribution in [3.8, 4) is 0 Å². The van der Waals surface area contributed by atoms with Crippen LogP contribution in [0, 0.1) is 5.92 Å². The summed E-state index contributed by atoms with van der Waals surface area (Å²) >= 11 is 0. The number of carbonyl (C=O) groups excluding carboxylic acids is 1. The van der Waals surface area contributed by atoms with E-state index in [9.17, 15) is 4.79 Å². The molecule has 23 heavy (non-hydrogen) atoms. The Morgan fingerprint density at radius 3 is 2.96 bits per heavy atom. The van der Waals surface area contributed by atoms with Crippen LogP contribution in [0.1, 0.15) is 34.6 Å². The van der Waals surface area contributed by atoms with E-state index in [4.69, 9.17) is 0 Å². The first-order valence-corrected chi connectivity index (χ1v) is 7.86. The lowest BCUT2D eigenvalue weighted by Gasteiger charge is -2.32. The molecule has 2 aliphatic heterocycles. The molecule has 3 rings (SSSR count). The zero-order valence-corrected chi connectivity index (χ0v) is 15.4. The number of amides is 1. The summed E-state index contributed by atoms with van der Waals surface area (Å²) in [5.41, 5.74) is 2.77. The van der Waals surface area contributed by atoms with E-state index in [2.05, 4.69) is 27.5 Å². The van der Waals surface area contributed by atoms with Gasteiger partial charge >= 0.3 is 0 Å². The molecular formula is C15H27Cl2N5O. The first-order chi connectivity index (χ1) is 10.1. The number of carbonyl (C=O) groups is 1. The second-order valence-corrected chi connectivity index (χ2v) is 6.41. The van der Waals surface area contributed by atoms with Crippen molar-refractivity contribution >= 4 is 30.7 Å². The van der Waals surface area contributed by atoms with Crippen LogP contribution >= 0.6 is 24.8 Å². The van der Waals surface area contributed by atoms with Crippen molar-refractivity contribution in [1.29, 1.82) is 0 Å². The summed E-state index contributed by atoms with van der Waals surface area (Å²) < 4.78 is 0. The molecule has 2 aliphatic rings. The molecule has 1 atom stereocenters. The lowest BCUT2D eigenvalue weighted by Crippen LogP contribution is -2.40. The lowest BCUT2D eigenvalue weighted by atomic mass is 9.97. The third kappa shape index (κ3) is 4.59. The van der Waals surface area contributed by atoms with Crippen LogP contribution in [-0.2, 0) is 13.0 Å². The molecule has 1 fully saturated rings. The number of aromatic nitrogens is 2. The lowest BCUT2D eigenvalue weighted by molar-refractivity contribution is 0.0734. The minimum Gasteiger partial charge on any atom is -0.340 e. The van der Waals surface area contributed by atoms with Gasteiger partial charge in [0.05, 0.1) is 0 Å². The molecule has 2 N–H and O–H groups in total. The third-order valence-electron chi connectivity index (χ3n) is 4.61. The number of H-pyrrole nitrogens is 1. The molecule has 0 spiro atoms. The van der Waals surface area contributed by atoms with Crippen molar-refractivity contribution in [1.82, 2.24) is 25.3 Å². The van der Waals surface area contributed by atoms with E-state index in [1.165, 1.54) is 19.4 Å². The van der Waals surface area contributed by atoms with Crippen molar-refractivity contribution in [2.75, 3.05) is 40.3 Å². The molecule has 1 unspecified atom stereocenters. The maximum Gasteiger partial charge on any atom is 0.274 e. The van der Waals surface area contributed by atoms with Crippen molar-refractivity contribution in [2.24, 2.45) is 5.92 Å². The number of nitrogens with one attached hydrogen (secondary N) is 2. The number of likely N-dealkylation sites (tertiary alicyclic amines) is 1. The van der Waals surface area contributed by atoms with Gasteiger partial charge in [0.2, 0.25) is 0 Å². The largest absolute Gasteiger partial charge is 0.340 e. The van der Waals surface area contributed by atoms with Crippen LogP contribution in [0.3, 0.4) is 0 Å². The van der Waals surface area contributed by atoms with Gasteiger partial charge in [0.15, 0.2) is 5.69 Å². The number of halogens is 2. The predicted octanol–water partition coefficient (Wildman–Crippen LogP) is 1.31. The SMILES string of the molecule is CN1CCCC(CN(C)C(=O)c2n[nH]c3c2CNCC3)C1.Cl.Cl. The van der Waals surface area contributed by atoms with E-state index in [-0.39, 0.29) is 30.7 Å². The highest BCUT2D eigenvalue weighted by Gasteiger charge is 2.26. The predicted molar refractivity (Wildman–Crippen MR) is 95.7 cm³/mol. The number of rotatable bonds is 3. The van der Waals surface area contributed by atoms with E-state index in [0.29, 0.717) is 11.6 Å². The fourth-order valence-electron chi connectivity index (χ4n) is 3.48. The van der Waals surface area contributed by atoms with E-state index in [1.807, 2.05) is 11.9 Å². The van der Waals surface area contributed by atoms with Crippen LogP contribution in [0.5, 0.6) is 0 Å². The Labute approximate surface area is 150 Å². The number of nitrogens with zero attached hydrogens (tertiary/aromatic N) is 3. The Balaban J connectivity index is 0.00000132. The third-order valence-corrected chi connectivity index (χ3v) is 4.61. The smallest absolute Gasteiger partial charge is 0.274 e. The summed E-state index contributed by atoms with van der Waals surface area (Å²) in [5, 5.41) is 10.6. The zero-order valence-electron chi connectivity index (χ0n) is 13.8. The van der Waals surface area contributed by atoms with E-state index >= 15 is 0 Å². The number of hydrogen-bond acceptors (Lipinski definition) is 4. The topological polar surface area (TPSA) is 64.3 Å². The molecule has 8 heteroatoms. The summed E-state index contributed by atoms with van der Waals surface area (Å²) in [6.07, 6.45) is 3.36. The molecule has 3 heterocycles. The molecule has 1 amide bonds. The van der Waals surface area contributed by atoms with Gasteiger partial charge in [0, 0.05) is 50.9 Å². The Morgan fingerprint density at radius 2 is 2.22 bits per heavy atom. The molecule has 0 bridgehead atoms. The average Bonchev–Trinajstić information content (AvgIpc) is 2.90. The normalized spacial score (nSPS) is 20.9. The average molecular weight is 364 g/mol. The number of aromatic amines is 1. The van der Waals surface area contributed by atoms with Gasteiger partial charge in [-0.15, -0.1) is 24.8 Å². The summed E-state index contributed by atoms with van der Waals surface area (Å²) in [6.45, 7) is 4.77. The van der Waals surface area contributed by atoms with Crippen LogP contribution in [0.4, 0.5) is 0 Å². The van der Waals surface area contributed by atoms with Crippen molar-refractivity contribution in [3.63, 3.8) is 0 Å². The van der Waals surface area contributed by atoms with Gasteiger partial charge in [-0.2, -0.15) is 5.10 Å². The summed E-state index contributed by atoms with van der Waals surface area (Å²) in [4.78, 5) is 16.8. The fraction of sp³-hybridized carbons (Fsp3) is 0.733. The second kappa shape index (κ2) is 8.87. The molecule has 1 aromatic heterocycles. The quantitative estimate of drug-likeness (QED) is 0.849. The summed E-state index contributed by atoms with van der Waals surface area (Å²) in [5.74, 6) is 0.620. The Hall–Kier alpha value is -0.820. The standard InChI is InChI=1S/C15H25N5O.2ClH/c1-19-7-3-4-11(9-19)10-20(2)15(21)14-12-8-16-6-5-13(12)17-18-14;;/h11,16H,3-10H2,1-2H3,(H,17,18);2*1H. The van der Waals surface area contributed by atoms with Crippen LogP contribution in [0.15, 0.2) is 0 Å². The highest BCUT2D eigenvalue weighted by atomic mass is 35.5. The monoisotopic (exact) mass is 363 g/mol. The Morgan fingerprint density at radius 1 is 1.43 bits per heavy atom. The molecular weight excluding hydrogens is 337 g/mol. The zero-order chi connectivity index (χ0) is 14.8. The van der Waals surface area contributed by atoms with Crippen LogP contribution < -0.4 is 5.32 Å². The minimum absolute atomic E-state index is 0. The number of fused-ring (bicyclic) bond motifs is 1.